The van der Waals surface area contributed by atoms with E-state index in [0.29, 0.717) is 5.84 Å². The summed E-state index contributed by atoms with van der Waals surface area (Å²) in [5.41, 5.74) is 5.53. The van der Waals surface area contributed by atoms with Crippen molar-refractivity contribution in [1.29, 1.82) is 0 Å². The van der Waals surface area contributed by atoms with Gasteiger partial charge in [-0.3, -0.25) is 4.79 Å². The summed E-state index contributed by atoms with van der Waals surface area (Å²) < 4.78 is 0. The molecule has 0 bridgehead atoms. The summed E-state index contributed by atoms with van der Waals surface area (Å²) in [6.07, 6.45) is 0.901. The fraction of sp³-hybridized carbons (Fsp3) is 0.667. The number of nitrogens with two attached hydrogens (primary N) is 1. The number of hydrazone groups is 1. The third kappa shape index (κ3) is 0.558. The fourth-order valence-corrected chi connectivity index (χ4v) is 1.33. The largest absolute Gasteiger partial charge is 0.385 e. The number of carbonyl (C=O) groups excluding carboxylic acids is 1. The van der Waals surface area contributed by atoms with E-state index in [-0.39, 0.29) is 17.7 Å². The summed E-state index contributed by atoms with van der Waals surface area (Å²) in [6, 6.07) is 0. The third-order valence-electron chi connectivity index (χ3n) is 2.07. The predicted molar refractivity (Wildman–Crippen MR) is 36.0 cm³/mol. The molecule has 2 rings (SSSR count). The highest BCUT2D eigenvalue weighted by atomic mass is 16.2. The van der Waals surface area contributed by atoms with Crippen LogP contribution in [0, 0.1) is 11.8 Å². The van der Waals surface area contributed by atoms with Crippen LogP contribution < -0.4 is 5.73 Å². The maximum atomic E-state index is 11.1. The monoisotopic (exact) mass is 139 g/mol. The maximum Gasteiger partial charge on any atom is 0.246 e. The first-order valence-electron chi connectivity index (χ1n) is 3.31. The summed E-state index contributed by atoms with van der Waals surface area (Å²) in [5, 5.41) is 5.20. The lowest BCUT2D eigenvalue weighted by molar-refractivity contribution is -0.131. The van der Waals surface area contributed by atoms with E-state index in [1.165, 1.54) is 5.01 Å². The van der Waals surface area contributed by atoms with Crippen LogP contribution in [0.15, 0.2) is 5.10 Å². The second-order valence-electron chi connectivity index (χ2n) is 2.84. The van der Waals surface area contributed by atoms with Crippen molar-refractivity contribution in [3.8, 4) is 0 Å². The summed E-state index contributed by atoms with van der Waals surface area (Å²) in [5.74, 6) is 1.15. The Morgan fingerprint density at radius 3 is 3.10 bits per heavy atom. The molecule has 1 aliphatic heterocycles. The number of fused-ring (bicyclic) bond motifs is 1. The van der Waals surface area contributed by atoms with Gasteiger partial charge < -0.3 is 5.73 Å². The lowest BCUT2D eigenvalue weighted by Crippen LogP contribution is -2.33. The second-order valence-corrected chi connectivity index (χ2v) is 2.84. The molecule has 0 spiro atoms. The van der Waals surface area contributed by atoms with Crippen molar-refractivity contribution in [3.63, 3.8) is 0 Å². The molecular formula is C6H9N3O. The minimum atomic E-state index is 0.110. The highest BCUT2D eigenvalue weighted by Gasteiger charge is 2.49. The first kappa shape index (κ1) is 5.70. The number of rotatable bonds is 0. The highest BCUT2D eigenvalue weighted by molar-refractivity contribution is 5.97. The lowest BCUT2D eigenvalue weighted by Gasteiger charge is -2.15. The smallest absolute Gasteiger partial charge is 0.246 e. The SMILES string of the molecule is CN1N=C(N)[C@H]2C[C@H]2C1=O. The predicted octanol–water partition coefficient (Wildman–Crippen LogP) is -0.633. The second kappa shape index (κ2) is 1.51. The van der Waals surface area contributed by atoms with Crippen LogP contribution in [0.5, 0.6) is 0 Å². The number of hydrogen-bond acceptors (Lipinski definition) is 3. The molecule has 2 N–H and O–H groups in total. The Bertz CT molecular complexity index is 223. The Morgan fingerprint density at radius 2 is 2.40 bits per heavy atom. The van der Waals surface area contributed by atoms with E-state index in [9.17, 15) is 4.79 Å². The molecule has 2 aliphatic rings. The van der Waals surface area contributed by atoms with Gasteiger partial charge in [0.15, 0.2) is 0 Å². The van der Waals surface area contributed by atoms with Crippen LogP contribution in [0.4, 0.5) is 0 Å². The number of amidine groups is 1. The van der Waals surface area contributed by atoms with E-state index in [2.05, 4.69) is 5.10 Å². The van der Waals surface area contributed by atoms with Gasteiger partial charge in [-0.2, -0.15) is 5.10 Å². The van der Waals surface area contributed by atoms with Crippen LogP contribution in [-0.4, -0.2) is 23.8 Å². The number of nitrogens with zero attached hydrogens (tertiary/aromatic N) is 2. The molecule has 1 amide bonds. The van der Waals surface area contributed by atoms with E-state index in [1.807, 2.05) is 0 Å². The normalized spacial score (nSPS) is 37.1. The van der Waals surface area contributed by atoms with Crippen LogP contribution in [0.3, 0.4) is 0 Å². The molecule has 54 valence electrons. The number of amides is 1. The molecule has 10 heavy (non-hydrogen) atoms. The molecule has 0 aromatic carbocycles. The molecule has 0 aromatic heterocycles. The molecule has 1 heterocycles. The molecule has 0 aromatic rings. The average molecular weight is 139 g/mol. The quantitative estimate of drug-likeness (QED) is 0.485. The Labute approximate surface area is 58.7 Å². The summed E-state index contributed by atoms with van der Waals surface area (Å²) >= 11 is 0. The topological polar surface area (TPSA) is 58.7 Å². The van der Waals surface area contributed by atoms with Crippen molar-refractivity contribution in [1.82, 2.24) is 5.01 Å². The summed E-state index contributed by atoms with van der Waals surface area (Å²) in [6.45, 7) is 0. The molecule has 0 unspecified atom stereocenters. The van der Waals surface area contributed by atoms with Gasteiger partial charge >= 0.3 is 0 Å². The fourth-order valence-electron chi connectivity index (χ4n) is 1.33. The minimum Gasteiger partial charge on any atom is -0.385 e. The number of carbonyl (C=O) groups is 1. The minimum absolute atomic E-state index is 0.110. The molecule has 1 aliphatic carbocycles. The maximum absolute atomic E-state index is 11.1. The molecule has 1 fully saturated rings. The van der Waals surface area contributed by atoms with Gasteiger partial charge in [0.05, 0.1) is 5.92 Å². The van der Waals surface area contributed by atoms with Gasteiger partial charge in [-0.25, -0.2) is 5.01 Å². The molecule has 2 atom stereocenters. The first-order valence-corrected chi connectivity index (χ1v) is 3.31. The third-order valence-corrected chi connectivity index (χ3v) is 2.07. The van der Waals surface area contributed by atoms with Gasteiger partial charge in [0, 0.05) is 13.0 Å². The first-order chi connectivity index (χ1) is 4.70. The number of hydrogen-bond donors (Lipinski definition) is 1. The van der Waals surface area contributed by atoms with Gasteiger partial charge in [-0.15, -0.1) is 0 Å². The van der Waals surface area contributed by atoms with E-state index in [4.69, 9.17) is 5.73 Å². The molecule has 4 nitrogen and oxygen atoms in total. The molecular weight excluding hydrogens is 130 g/mol. The van der Waals surface area contributed by atoms with Crippen LogP contribution >= 0.6 is 0 Å². The van der Waals surface area contributed by atoms with Gasteiger partial charge in [0.2, 0.25) is 5.91 Å². The lowest BCUT2D eigenvalue weighted by atomic mass is 10.2. The zero-order chi connectivity index (χ0) is 7.30. The molecule has 1 saturated carbocycles. The Kier molecular flexibility index (Phi) is 0.859. The van der Waals surface area contributed by atoms with Gasteiger partial charge in [0.1, 0.15) is 5.84 Å². The van der Waals surface area contributed by atoms with Crippen molar-refractivity contribution < 1.29 is 4.79 Å². The van der Waals surface area contributed by atoms with Crippen molar-refractivity contribution in [2.24, 2.45) is 22.7 Å². The molecule has 0 saturated heterocycles. The Balaban J connectivity index is 2.30. The standard InChI is InChI=1S/C6H9N3O/c1-9-6(10)4-2-3(4)5(7)8-9/h3-4H,2H2,1H3,(H2,7,8)/t3-,4+/m0/s1. The van der Waals surface area contributed by atoms with Gasteiger partial charge in [0.25, 0.3) is 0 Å². The average Bonchev–Trinajstić information content (AvgIpc) is 2.61. The van der Waals surface area contributed by atoms with E-state index >= 15 is 0 Å². The van der Waals surface area contributed by atoms with Crippen LogP contribution in [0.1, 0.15) is 6.42 Å². The van der Waals surface area contributed by atoms with Crippen molar-refractivity contribution >= 4 is 11.7 Å². The summed E-state index contributed by atoms with van der Waals surface area (Å²) in [7, 11) is 1.64. The van der Waals surface area contributed by atoms with E-state index < -0.39 is 0 Å². The zero-order valence-corrected chi connectivity index (χ0v) is 5.74. The zero-order valence-electron chi connectivity index (χ0n) is 5.74. The van der Waals surface area contributed by atoms with Crippen molar-refractivity contribution in [3.05, 3.63) is 0 Å². The molecule has 0 radical (unpaired) electrons. The Morgan fingerprint density at radius 1 is 1.70 bits per heavy atom. The van der Waals surface area contributed by atoms with Gasteiger partial charge in [-0.1, -0.05) is 0 Å². The van der Waals surface area contributed by atoms with E-state index in [0.717, 1.165) is 6.42 Å². The van der Waals surface area contributed by atoms with Crippen molar-refractivity contribution in [2.75, 3.05) is 7.05 Å². The molecule has 4 heteroatoms. The van der Waals surface area contributed by atoms with Crippen LogP contribution in [0.2, 0.25) is 0 Å². The van der Waals surface area contributed by atoms with Crippen LogP contribution in [-0.2, 0) is 4.79 Å². The van der Waals surface area contributed by atoms with Crippen molar-refractivity contribution in [2.45, 2.75) is 6.42 Å². The Hall–Kier alpha value is -1.06. The summed E-state index contributed by atoms with van der Waals surface area (Å²) in [4.78, 5) is 11.1. The highest BCUT2D eigenvalue weighted by Crippen LogP contribution is 2.42. The van der Waals surface area contributed by atoms with Crippen LogP contribution in [0.25, 0.3) is 0 Å². The van der Waals surface area contributed by atoms with E-state index in [1.54, 1.807) is 7.05 Å². The van der Waals surface area contributed by atoms with Gasteiger partial charge in [-0.05, 0) is 6.42 Å².